The number of esters is 1. The molecule has 0 aromatic heterocycles. The van der Waals surface area contributed by atoms with Crippen molar-refractivity contribution < 1.29 is 28.7 Å². The van der Waals surface area contributed by atoms with Gasteiger partial charge in [0.05, 0.1) is 13.2 Å². The minimum absolute atomic E-state index is 0.168. The van der Waals surface area contributed by atoms with Crippen LogP contribution in [0.15, 0.2) is 0 Å². The highest BCUT2D eigenvalue weighted by Crippen LogP contribution is 2.28. The fourth-order valence-corrected chi connectivity index (χ4v) is 5.35. The predicted octanol–water partition coefficient (Wildman–Crippen LogP) is 3.59. The summed E-state index contributed by atoms with van der Waals surface area (Å²) < 4.78 is 10.9. The van der Waals surface area contributed by atoms with Gasteiger partial charge >= 0.3 is 12.1 Å². The van der Waals surface area contributed by atoms with Crippen LogP contribution in [0.1, 0.15) is 85.5 Å². The number of nitrogens with zero attached hydrogens (tertiary/aromatic N) is 3. The number of ether oxygens (including phenoxy) is 2. The zero-order valence-corrected chi connectivity index (χ0v) is 22.6. The molecule has 3 saturated heterocycles. The summed E-state index contributed by atoms with van der Waals surface area (Å²) in [6, 6.07) is -1.82. The van der Waals surface area contributed by atoms with Crippen LogP contribution in [-0.4, -0.2) is 89.6 Å². The molecule has 3 atom stereocenters. The van der Waals surface area contributed by atoms with Gasteiger partial charge in [-0.3, -0.25) is 14.5 Å². The number of carbonyl (C=O) groups excluding carboxylic acids is 4. The summed E-state index contributed by atoms with van der Waals surface area (Å²) in [6.45, 7) is 10.0. The normalized spacial score (nSPS) is 25.2. The molecule has 204 valence electrons. The fourth-order valence-electron chi connectivity index (χ4n) is 5.35. The number of rotatable bonds is 7. The third kappa shape index (κ3) is 7.13. The Kier molecular flexibility index (Phi) is 10.4. The summed E-state index contributed by atoms with van der Waals surface area (Å²) in [6.07, 6.45) is 6.32. The third-order valence-corrected chi connectivity index (χ3v) is 7.25. The maximum absolute atomic E-state index is 13.8. The lowest BCUT2D eigenvalue weighted by Crippen LogP contribution is -2.61. The van der Waals surface area contributed by atoms with Crippen LogP contribution in [0.4, 0.5) is 4.79 Å². The summed E-state index contributed by atoms with van der Waals surface area (Å²) in [5, 5.41) is 0. The van der Waals surface area contributed by atoms with Gasteiger partial charge in [-0.05, 0) is 69.6 Å². The van der Waals surface area contributed by atoms with Crippen molar-refractivity contribution >= 4 is 23.9 Å². The molecule has 3 rings (SSSR count). The number of hydrogen-bond donors (Lipinski definition) is 0. The van der Waals surface area contributed by atoms with Gasteiger partial charge in [0.15, 0.2) is 0 Å². The van der Waals surface area contributed by atoms with Crippen LogP contribution in [-0.2, 0) is 23.9 Å². The van der Waals surface area contributed by atoms with Crippen molar-refractivity contribution in [3.8, 4) is 0 Å². The van der Waals surface area contributed by atoms with Crippen molar-refractivity contribution in [2.45, 2.75) is 104 Å². The Bertz CT molecular complexity index is 721. The Labute approximate surface area is 215 Å². The first-order valence-electron chi connectivity index (χ1n) is 13.9. The molecule has 36 heavy (non-hydrogen) atoms. The molecule has 3 aliphatic rings. The van der Waals surface area contributed by atoms with Gasteiger partial charge in [0.25, 0.3) is 0 Å². The highest BCUT2D eigenvalue weighted by molar-refractivity contribution is 5.93. The number of hydrogen-bond acceptors (Lipinski definition) is 6. The van der Waals surface area contributed by atoms with Crippen molar-refractivity contribution in [1.29, 1.82) is 0 Å². The van der Waals surface area contributed by atoms with E-state index in [-0.39, 0.29) is 29.6 Å². The standard InChI is InChI=1S/C27H45N3O6/c1-19(2)17-35-26(33)23-13-7-9-15-29(23)24(31)21-11-5-8-14-28(21)25(32)22-12-6-10-16-30(22)27(34)36-18-20(3)4/h19-23H,5-18H2,1-4H3. The number of amides is 3. The van der Waals surface area contributed by atoms with Gasteiger partial charge in [-0.2, -0.15) is 0 Å². The molecule has 3 aliphatic heterocycles. The smallest absolute Gasteiger partial charge is 0.410 e. The Hall–Kier alpha value is -2.32. The Balaban J connectivity index is 1.74. The number of likely N-dealkylation sites (tertiary alicyclic amines) is 3. The second-order valence-electron chi connectivity index (χ2n) is 11.3. The van der Waals surface area contributed by atoms with Crippen LogP contribution in [0.3, 0.4) is 0 Å². The fraction of sp³-hybridized carbons (Fsp3) is 0.852. The number of piperidine rings is 3. The van der Waals surface area contributed by atoms with Crippen molar-refractivity contribution in [1.82, 2.24) is 14.7 Å². The third-order valence-electron chi connectivity index (χ3n) is 7.25. The van der Waals surface area contributed by atoms with Crippen LogP contribution < -0.4 is 0 Å². The van der Waals surface area contributed by atoms with Gasteiger partial charge in [-0.1, -0.05) is 27.7 Å². The van der Waals surface area contributed by atoms with Crippen LogP contribution >= 0.6 is 0 Å². The molecular weight excluding hydrogens is 462 g/mol. The number of carbonyl (C=O) groups is 4. The lowest BCUT2D eigenvalue weighted by Gasteiger charge is -2.44. The lowest BCUT2D eigenvalue weighted by atomic mass is 9.94. The highest BCUT2D eigenvalue weighted by Gasteiger charge is 2.44. The lowest BCUT2D eigenvalue weighted by molar-refractivity contribution is -0.162. The predicted molar refractivity (Wildman–Crippen MR) is 135 cm³/mol. The molecule has 9 heteroatoms. The zero-order chi connectivity index (χ0) is 26.2. The molecule has 0 radical (unpaired) electrons. The molecule has 0 aromatic rings. The second-order valence-corrected chi connectivity index (χ2v) is 11.3. The first-order chi connectivity index (χ1) is 17.2. The molecule has 3 amide bonds. The van der Waals surface area contributed by atoms with Gasteiger partial charge in [-0.15, -0.1) is 0 Å². The van der Waals surface area contributed by atoms with Gasteiger partial charge in [0.2, 0.25) is 11.8 Å². The monoisotopic (exact) mass is 507 g/mol. The van der Waals surface area contributed by atoms with E-state index in [9.17, 15) is 19.2 Å². The summed E-state index contributed by atoms with van der Waals surface area (Å²) in [7, 11) is 0. The van der Waals surface area contributed by atoms with Crippen molar-refractivity contribution in [3.05, 3.63) is 0 Å². The van der Waals surface area contributed by atoms with E-state index in [1.165, 1.54) is 0 Å². The molecule has 0 N–H and O–H groups in total. The molecule has 0 spiro atoms. The average Bonchev–Trinajstić information content (AvgIpc) is 2.89. The maximum Gasteiger partial charge on any atom is 0.410 e. The maximum atomic E-state index is 13.8. The van der Waals surface area contributed by atoms with E-state index in [2.05, 4.69) is 0 Å². The van der Waals surface area contributed by atoms with Gasteiger partial charge in [0.1, 0.15) is 18.1 Å². The minimum Gasteiger partial charge on any atom is -0.464 e. The Morgan fingerprint density at radius 2 is 1.03 bits per heavy atom. The molecule has 0 aromatic carbocycles. The second kappa shape index (κ2) is 13.3. The Morgan fingerprint density at radius 1 is 0.611 bits per heavy atom. The van der Waals surface area contributed by atoms with Crippen LogP contribution in [0, 0.1) is 11.8 Å². The van der Waals surface area contributed by atoms with E-state index in [1.807, 2.05) is 27.7 Å². The molecule has 0 aliphatic carbocycles. The van der Waals surface area contributed by atoms with Crippen LogP contribution in [0.5, 0.6) is 0 Å². The highest BCUT2D eigenvalue weighted by atomic mass is 16.6. The molecule has 3 unspecified atom stereocenters. The summed E-state index contributed by atoms with van der Waals surface area (Å²) >= 11 is 0. The van der Waals surface area contributed by atoms with Gasteiger partial charge in [0, 0.05) is 19.6 Å². The molecule has 9 nitrogen and oxygen atoms in total. The molecule has 0 bridgehead atoms. The van der Waals surface area contributed by atoms with E-state index in [0.717, 1.165) is 38.5 Å². The average molecular weight is 508 g/mol. The largest absolute Gasteiger partial charge is 0.464 e. The van der Waals surface area contributed by atoms with Crippen molar-refractivity contribution in [2.75, 3.05) is 32.8 Å². The minimum atomic E-state index is -0.611. The van der Waals surface area contributed by atoms with Crippen LogP contribution in [0.25, 0.3) is 0 Å². The zero-order valence-electron chi connectivity index (χ0n) is 22.6. The molecular formula is C27H45N3O6. The van der Waals surface area contributed by atoms with E-state index >= 15 is 0 Å². The van der Waals surface area contributed by atoms with E-state index in [0.29, 0.717) is 52.1 Å². The van der Waals surface area contributed by atoms with Crippen molar-refractivity contribution in [2.24, 2.45) is 11.8 Å². The molecule has 0 saturated carbocycles. The molecule has 3 fully saturated rings. The SMILES string of the molecule is CC(C)COC(=O)C1CCCCN1C(=O)C1CCCCN1C(=O)C1CCCCN1C(=O)OCC(C)C. The van der Waals surface area contributed by atoms with E-state index in [1.54, 1.807) is 14.7 Å². The first-order valence-corrected chi connectivity index (χ1v) is 13.9. The van der Waals surface area contributed by atoms with Gasteiger partial charge < -0.3 is 19.3 Å². The van der Waals surface area contributed by atoms with E-state index < -0.39 is 24.2 Å². The topological polar surface area (TPSA) is 96.5 Å². The van der Waals surface area contributed by atoms with Crippen molar-refractivity contribution in [3.63, 3.8) is 0 Å². The Morgan fingerprint density at radius 3 is 1.56 bits per heavy atom. The van der Waals surface area contributed by atoms with Gasteiger partial charge in [-0.25, -0.2) is 9.59 Å². The molecule has 3 heterocycles. The summed E-state index contributed by atoms with van der Waals surface area (Å²) in [5.41, 5.74) is 0. The quantitative estimate of drug-likeness (QED) is 0.489. The van der Waals surface area contributed by atoms with Crippen LogP contribution in [0.2, 0.25) is 0 Å². The summed E-state index contributed by atoms with van der Waals surface area (Å²) in [4.78, 5) is 58.1. The summed E-state index contributed by atoms with van der Waals surface area (Å²) in [5.74, 6) is -0.263. The first kappa shape index (κ1) is 28.3. The van der Waals surface area contributed by atoms with E-state index in [4.69, 9.17) is 9.47 Å².